The second-order valence-electron chi connectivity index (χ2n) is 3.54. The maximum Gasteiger partial charge on any atom is 0.271 e. The van der Waals surface area contributed by atoms with E-state index in [4.69, 9.17) is 17.3 Å². The number of nitrogens with one attached hydrogen (secondary N) is 2. The molecule has 0 bridgehead atoms. The summed E-state index contributed by atoms with van der Waals surface area (Å²) >= 11 is 5.79. The number of halogens is 1. The molecule has 0 aliphatic heterocycles. The molecule has 1 rings (SSSR count). The van der Waals surface area contributed by atoms with Gasteiger partial charge in [-0.3, -0.25) is 4.79 Å². The SMILES string of the molecule is CC(CN)C(C)Nc1nc[nH]c(=O)c1Cl. The highest BCUT2D eigenvalue weighted by atomic mass is 35.5. The van der Waals surface area contributed by atoms with Crippen molar-refractivity contribution in [2.24, 2.45) is 11.7 Å². The minimum absolute atomic E-state index is 0.0774. The van der Waals surface area contributed by atoms with Gasteiger partial charge >= 0.3 is 0 Å². The molecule has 0 aliphatic rings. The predicted octanol–water partition coefficient (Wildman–Crippen LogP) is 0.819. The van der Waals surface area contributed by atoms with Gasteiger partial charge in [-0.15, -0.1) is 0 Å². The molecule has 0 spiro atoms. The van der Waals surface area contributed by atoms with E-state index in [9.17, 15) is 4.79 Å². The molecule has 6 heteroatoms. The van der Waals surface area contributed by atoms with Gasteiger partial charge in [-0.2, -0.15) is 0 Å². The maximum atomic E-state index is 11.2. The Balaban J connectivity index is 2.81. The number of hydrogen-bond donors (Lipinski definition) is 3. The predicted molar refractivity (Wildman–Crippen MR) is 61.2 cm³/mol. The minimum Gasteiger partial charge on any atom is -0.366 e. The third-order valence-corrected chi connectivity index (χ3v) is 2.74. The molecule has 0 saturated heterocycles. The van der Waals surface area contributed by atoms with Crippen LogP contribution >= 0.6 is 11.6 Å². The molecule has 0 aromatic carbocycles. The molecule has 1 aromatic rings. The number of hydrogen-bond acceptors (Lipinski definition) is 4. The number of H-pyrrole nitrogens is 1. The fourth-order valence-electron chi connectivity index (χ4n) is 1.05. The van der Waals surface area contributed by atoms with E-state index in [-0.39, 0.29) is 22.5 Å². The van der Waals surface area contributed by atoms with Crippen LogP contribution in [0.5, 0.6) is 0 Å². The first-order valence-electron chi connectivity index (χ1n) is 4.76. The summed E-state index contributed by atoms with van der Waals surface area (Å²) in [7, 11) is 0. The molecule has 2 unspecified atom stereocenters. The van der Waals surface area contributed by atoms with Crippen LogP contribution in [0.25, 0.3) is 0 Å². The molecular formula is C9H15ClN4O. The number of nitrogens with zero attached hydrogens (tertiary/aromatic N) is 1. The van der Waals surface area contributed by atoms with Gasteiger partial charge in [0.05, 0.1) is 6.33 Å². The molecule has 0 aliphatic carbocycles. The van der Waals surface area contributed by atoms with E-state index in [1.165, 1.54) is 6.33 Å². The number of anilines is 1. The van der Waals surface area contributed by atoms with Crippen molar-refractivity contribution in [3.8, 4) is 0 Å². The summed E-state index contributed by atoms with van der Waals surface area (Å²) in [6, 6.07) is 0.113. The summed E-state index contributed by atoms with van der Waals surface area (Å²) in [6.45, 7) is 4.55. The Morgan fingerprint density at radius 1 is 1.67 bits per heavy atom. The van der Waals surface area contributed by atoms with Gasteiger partial charge in [0, 0.05) is 6.04 Å². The zero-order chi connectivity index (χ0) is 11.4. The smallest absolute Gasteiger partial charge is 0.271 e. The van der Waals surface area contributed by atoms with E-state index < -0.39 is 0 Å². The third kappa shape index (κ3) is 2.94. The number of nitrogens with two attached hydrogens (primary N) is 1. The molecular weight excluding hydrogens is 216 g/mol. The Labute approximate surface area is 93.0 Å². The summed E-state index contributed by atoms with van der Waals surface area (Å²) in [5, 5.41) is 3.14. The fraction of sp³-hybridized carbons (Fsp3) is 0.556. The van der Waals surface area contributed by atoms with Crippen molar-refractivity contribution < 1.29 is 0 Å². The van der Waals surface area contributed by atoms with Gasteiger partial charge in [0.25, 0.3) is 5.56 Å². The quantitative estimate of drug-likeness (QED) is 0.715. The van der Waals surface area contributed by atoms with Crippen molar-refractivity contribution in [3.05, 3.63) is 21.7 Å². The van der Waals surface area contributed by atoms with Gasteiger partial charge < -0.3 is 16.0 Å². The van der Waals surface area contributed by atoms with Crippen LogP contribution in [0.1, 0.15) is 13.8 Å². The molecule has 4 N–H and O–H groups in total. The highest BCUT2D eigenvalue weighted by Gasteiger charge is 2.13. The maximum absolute atomic E-state index is 11.2. The van der Waals surface area contributed by atoms with Crippen LogP contribution in [0.2, 0.25) is 5.02 Å². The standard InChI is InChI=1S/C9H15ClN4O/c1-5(3-11)6(2)14-8-7(10)9(15)13-4-12-8/h4-6H,3,11H2,1-2H3,(H2,12,13,14,15). The van der Waals surface area contributed by atoms with Crippen molar-refractivity contribution in [1.29, 1.82) is 0 Å². The molecule has 1 heterocycles. The van der Waals surface area contributed by atoms with E-state index in [1.807, 2.05) is 13.8 Å². The minimum atomic E-state index is -0.346. The lowest BCUT2D eigenvalue weighted by Gasteiger charge is -2.20. The van der Waals surface area contributed by atoms with Crippen LogP contribution < -0.4 is 16.6 Å². The summed E-state index contributed by atoms with van der Waals surface area (Å²) in [6.07, 6.45) is 1.32. The molecule has 5 nitrogen and oxygen atoms in total. The normalized spacial score (nSPS) is 14.7. The van der Waals surface area contributed by atoms with Crippen LogP contribution in [-0.2, 0) is 0 Å². The Kier molecular flexibility index (Phi) is 4.11. The van der Waals surface area contributed by atoms with E-state index in [1.54, 1.807) is 0 Å². The second kappa shape index (κ2) is 5.14. The fourth-order valence-corrected chi connectivity index (χ4v) is 1.20. The third-order valence-electron chi connectivity index (χ3n) is 2.39. The molecule has 84 valence electrons. The summed E-state index contributed by atoms with van der Waals surface area (Å²) < 4.78 is 0. The molecule has 0 saturated carbocycles. The van der Waals surface area contributed by atoms with Crippen molar-refractivity contribution in [1.82, 2.24) is 9.97 Å². The lowest BCUT2D eigenvalue weighted by atomic mass is 10.0. The number of aromatic nitrogens is 2. The first kappa shape index (κ1) is 12.0. The monoisotopic (exact) mass is 230 g/mol. The van der Waals surface area contributed by atoms with Crippen LogP contribution in [0.4, 0.5) is 5.82 Å². The van der Waals surface area contributed by atoms with E-state index in [2.05, 4.69) is 15.3 Å². The topological polar surface area (TPSA) is 83.8 Å². The van der Waals surface area contributed by atoms with Gasteiger partial charge in [-0.1, -0.05) is 18.5 Å². The largest absolute Gasteiger partial charge is 0.366 e. The average molecular weight is 231 g/mol. The van der Waals surface area contributed by atoms with Crippen molar-refractivity contribution in [2.75, 3.05) is 11.9 Å². The Morgan fingerprint density at radius 2 is 2.33 bits per heavy atom. The summed E-state index contributed by atoms with van der Waals surface area (Å²) in [4.78, 5) is 17.5. The van der Waals surface area contributed by atoms with E-state index >= 15 is 0 Å². The Morgan fingerprint density at radius 3 is 2.93 bits per heavy atom. The van der Waals surface area contributed by atoms with Crippen LogP contribution in [0, 0.1) is 5.92 Å². The van der Waals surface area contributed by atoms with E-state index in [0.29, 0.717) is 12.4 Å². The Bertz CT molecular complexity index is 379. The summed E-state index contributed by atoms with van der Waals surface area (Å²) in [5.74, 6) is 0.676. The van der Waals surface area contributed by atoms with Crippen molar-refractivity contribution in [3.63, 3.8) is 0 Å². The highest BCUT2D eigenvalue weighted by molar-refractivity contribution is 6.32. The van der Waals surface area contributed by atoms with Crippen molar-refractivity contribution in [2.45, 2.75) is 19.9 Å². The number of aromatic amines is 1. The molecule has 15 heavy (non-hydrogen) atoms. The van der Waals surface area contributed by atoms with Gasteiger partial charge in [-0.05, 0) is 19.4 Å². The van der Waals surface area contributed by atoms with Gasteiger partial charge in [0.15, 0.2) is 5.82 Å². The zero-order valence-corrected chi connectivity index (χ0v) is 9.51. The Hall–Kier alpha value is -1.07. The molecule has 0 fully saturated rings. The molecule has 0 amide bonds. The van der Waals surface area contributed by atoms with Crippen LogP contribution in [0.15, 0.2) is 11.1 Å². The molecule has 0 radical (unpaired) electrons. The van der Waals surface area contributed by atoms with Gasteiger partial charge in [0.2, 0.25) is 0 Å². The van der Waals surface area contributed by atoms with Gasteiger partial charge in [-0.25, -0.2) is 4.98 Å². The summed E-state index contributed by atoms with van der Waals surface area (Å²) in [5.41, 5.74) is 5.19. The lowest BCUT2D eigenvalue weighted by Crippen LogP contribution is -2.30. The first-order valence-corrected chi connectivity index (χ1v) is 5.13. The molecule has 2 atom stereocenters. The van der Waals surface area contributed by atoms with Gasteiger partial charge in [0.1, 0.15) is 5.02 Å². The number of rotatable bonds is 4. The van der Waals surface area contributed by atoms with E-state index in [0.717, 1.165) is 0 Å². The van der Waals surface area contributed by atoms with Crippen LogP contribution in [0.3, 0.4) is 0 Å². The van der Waals surface area contributed by atoms with Crippen LogP contribution in [-0.4, -0.2) is 22.6 Å². The first-order chi connectivity index (χ1) is 7.06. The lowest BCUT2D eigenvalue weighted by molar-refractivity contribution is 0.520. The zero-order valence-electron chi connectivity index (χ0n) is 8.75. The second-order valence-corrected chi connectivity index (χ2v) is 3.92. The van der Waals surface area contributed by atoms with Crippen molar-refractivity contribution >= 4 is 17.4 Å². The highest BCUT2D eigenvalue weighted by Crippen LogP contribution is 2.15. The molecule has 1 aromatic heterocycles. The average Bonchev–Trinajstić information content (AvgIpc) is 2.23.